The zero-order valence-corrected chi connectivity index (χ0v) is 13.3. The fourth-order valence-electron chi connectivity index (χ4n) is 2.78. The Morgan fingerprint density at radius 3 is 2.91 bits per heavy atom. The quantitative estimate of drug-likeness (QED) is 0.845. The van der Waals surface area contributed by atoms with E-state index in [1.54, 1.807) is 0 Å². The number of thioether (sulfide) groups is 1. The Hall–Kier alpha value is -2.02. The fourth-order valence-corrected chi connectivity index (χ4v) is 3.47. The van der Waals surface area contributed by atoms with Crippen molar-refractivity contribution in [3.05, 3.63) is 40.3 Å². The van der Waals surface area contributed by atoms with Crippen molar-refractivity contribution in [2.24, 2.45) is 5.92 Å². The molecule has 22 heavy (non-hydrogen) atoms. The topological polar surface area (TPSA) is 81.8 Å². The number of carbonyl (C=O) groups excluding carboxylic acids is 1. The molecular formula is C15H18N4O2S. The molecule has 1 aromatic carbocycles. The fraction of sp³-hybridized carbons (Fsp3) is 0.400. The molecule has 2 N–H and O–H groups in total. The highest BCUT2D eigenvalue weighted by atomic mass is 32.2. The Morgan fingerprint density at radius 2 is 2.23 bits per heavy atom. The lowest BCUT2D eigenvalue weighted by atomic mass is 9.90. The summed E-state index contributed by atoms with van der Waals surface area (Å²) >= 11 is 1.23. The highest BCUT2D eigenvalue weighted by Crippen LogP contribution is 2.40. The molecule has 7 heteroatoms. The van der Waals surface area contributed by atoms with Crippen molar-refractivity contribution in [1.29, 1.82) is 0 Å². The van der Waals surface area contributed by atoms with Gasteiger partial charge in [0.15, 0.2) is 5.16 Å². The monoisotopic (exact) mass is 318 g/mol. The molecule has 3 rings (SSSR count). The van der Waals surface area contributed by atoms with Gasteiger partial charge in [0, 0.05) is 18.2 Å². The Labute approximate surface area is 132 Å². The van der Waals surface area contributed by atoms with Gasteiger partial charge in [-0.25, -0.2) is 9.89 Å². The number of hydrogen-bond acceptors (Lipinski definition) is 4. The maximum Gasteiger partial charge on any atom is 0.341 e. The first-order valence-electron chi connectivity index (χ1n) is 7.23. The Balaban J connectivity index is 1.74. The van der Waals surface area contributed by atoms with Crippen LogP contribution >= 0.6 is 11.8 Å². The van der Waals surface area contributed by atoms with Crippen LogP contribution in [0.4, 0.5) is 5.69 Å². The van der Waals surface area contributed by atoms with Gasteiger partial charge in [-0.1, -0.05) is 43.8 Å². The number of carbonyl (C=O) groups is 1. The van der Waals surface area contributed by atoms with Crippen LogP contribution in [0, 0.1) is 5.92 Å². The number of nitrogens with zero attached hydrogens (tertiary/aromatic N) is 2. The highest BCUT2D eigenvalue weighted by Gasteiger charge is 2.33. The molecule has 1 atom stereocenters. The number of amides is 1. The Morgan fingerprint density at radius 1 is 1.45 bits per heavy atom. The first-order valence-corrected chi connectivity index (χ1v) is 8.21. The molecule has 0 aliphatic carbocycles. The van der Waals surface area contributed by atoms with Gasteiger partial charge in [0.05, 0.1) is 5.75 Å². The smallest absolute Gasteiger partial charge is 0.311 e. The van der Waals surface area contributed by atoms with Crippen LogP contribution in [0.1, 0.15) is 25.3 Å². The van der Waals surface area contributed by atoms with Crippen LogP contribution in [0.5, 0.6) is 0 Å². The zero-order valence-electron chi connectivity index (χ0n) is 12.5. The number of para-hydroxylation sites is 1. The van der Waals surface area contributed by atoms with E-state index in [2.05, 4.69) is 35.1 Å². The minimum Gasteiger partial charge on any atom is -0.311 e. The third-order valence-corrected chi connectivity index (χ3v) is 4.78. The third-order valence-electron chi connectivity index (χ3n) is 3.92. The van der Waals surface area contributed by atoms with Crippen LogP contribution in [0.2, 0.25) is 0 Å². The Bertz CT molecular complexity index is 737. The summed E-state index contributed by atoms with van der Waals surface area (Å²) in [6, 6.07) is 8.08. The number of nitrogens with one attached hydrogen (secondary N) is 2. The number of benzene rings is 1. The average molecular weight is 318 g/mol. The van der Waals surface area contributed by atoms with E-state index in [1.165, 1.54) is 17.3 Å². The van der Waals surface area contributed by atoms with Crippen molar-refractivity contribution in [2.75, 3.05) is 17.2 Å². The highest BCUT2D eigenvalue weighted by molar-refractivity contribution is 7.99. The largest absolute Gasteiger partial charge is 0.341 e. The predicted octanol–water partition coefficient (Wildman–Crippen LogP) is 1.98. The van der Waals surface area contributed by atoms with Crippen LogP contribution in [-0.2, 0) is 4.79 Å². The van der Waals surface area contributed by atoms with E-state index in [9.17, 15) is 9.59 Å². The third kappa shape index (κ3) is 2.81. The molecule has 0 unspecified atom stereocenters. The van der Waals surface area contributed by atoms with Gasteiger partial charge in [0.2, 0.25) is 5.91 Å². The van der Waals surface area contributed by atoms with Crippen LogP contribution in [0.3, 0.4) is 0 Å². The summed E-state index contributed by atoms with van der Waals surface area (Å²) in [5.41, 5.74) is 1.88. The molecule has 0 spiro atoms. The van der Waals surface area contributed by atoms with Gasteiger partial charge in [-0.3, -0.25) is 9.78 Å². The summed E-state index contributed by atoms with van der Waals surface area (Å²) in [7, 11) is 0. The number of anilines is 1. The zero-order chi connectivity index (χ0) is 15.7. The molecule has 0 bridgehead atoms. The number of aromatic amines is 2. The second-order valence-electron chi connectivity index (χ2n) is 5.69. The predicted molar refractivity (Wildman–Crippen MR) is 86.3 cm³/mol. The summed E-state index contributed by atoms with van der Waals surface area (Å²) in [6.45, 7) is 5.07. The Kier molecular flexibility index (Phi) is 4.06. The molecule has 2 heterocycles. The molecule has 116 valence electrons. The summed E-state index contributed by atoms with van der Waals surface area (Å²) < 4.78 is 0. The van der Waals surface area contributed by atoms with Gasteiger partial charge in [-0.05, 0) is 17.5 Å². The number of H-pyrrole nitrogens is 2. The number of hydrogen-bond donors (Lipinski definition) is 2. The maximum absolute atomic E-state index is 12.5. The van der Waals surface area contributed by atoms with Gasteiger partial charge in [0.1, 0.15) is 0 Å². The maximum atomic E-state index is 12.5. The van der Waals surface area contributed by atoms with Crippen molar-refractivity contribution in [3.8, 4) is 0 Å². The van der Waals surface area contributed by atoms with E-state index >= 15 is 0 Å². The summed E-state index contributed by atoms with van der Waals surface area (Å²) in [5.74, 6) is 1.13. The molecule has 0 saturated heterocycles. The van der Waals surface area contributed by atoms with Crippen molar-refractivity contribution in [3.63, 3.8) is 0 Å². The number of aromatic nitrogens is 3. The number of rotatable bonds is 4. The van der Waals surface area contributed by atoms with Gasteiger partial charge in [0.25, 0.3) is 0 Å². The van der Waals surface area contributed by atoms with E-state index in [-0.39, 0.29) is 17.3 Å². The number of fused-ring (bicyclic) bond motifs is 1. The molecule has 1 aliphatic heterocycles. The second kappa shape index (κ2) is 6.00. The van der Waals surface area contributed by atoms with Crippen LogP contribution in [-0.4, -0.2) is 33.4 Å². The molecule has 1 aliphatic rings. The average Bonchev–Trinajstić information content (AvgIpc) is 3.08. The van der Waals surface area contributed by atoms with E-state index in [0.717, 1.165) is 5.69 Å². The SMILES string of the molecule is CC(C)[C@H]1CN(C(=O)CSc2n[nH]c(=O)[nH]2)c2ccccc21. The lowest BCUT2D eigenvalue weighted by Gasteiger charge is -2.18. The van der Waals surface area contributed by atoms with E-state index in [1.807, 2.05) is 23.1 Å². The molecular weight excluding hydrogens is 300 g/mol. The molecule has 1 amide bonds. The summed E-state index contributed by atoms with van der Waals surface area (Å²) in [5, 5.41) is 6.53. The van der Waals surface area contributed by atoms with E-state index < -0.39 is 0 Å². The summed E-state index contributed by atoms with van der Waals surface area (Å²) in [4.78, 5) is 27.9. The van der Waals surface area contributed by atoms with Crippen molar-refractivity contribution >= 4 is 23.4 Å². The van der Waals surface area contributed by atoms with Crippen LogP contribution in [0.15, 0.2) is 34.2 Å². The first kappa shape index (κ1) is 14.9. The van der Waals surface area contributed by atoms with E-state index in [0.29, 0.717) is 23.5 Å². The molecule has 6 nitrogen and oxygen atoms in total. The molecule has 0 fully saturated rings. The molecule has 1 aromatic heterocycles. The van der Waals surface area contributed by atoms with Gasteiger partial charge in [-0.15, -0.1) is 5.10 Å². The first-order chi connectivity index (χ1) is 10.6. The molecule has 2 aromatic rings. The molecule has 0 saturated carbocycles. The van der Waals surface area contributed by atoms with E-state index in [4.69, 9.17) is 0 Å². The van der Waals surface area contributed by atoms with Crippen molar-refractivity contribution in [1.82, 2.24) is 15.2 Å². The van der Waals surface area contributed by atoms with Gasteiger partial charge >= 0.3 is 5.69 Å². The van der Waals surface area contributed by atoms with Crippen molar-refractivity contribution in [2.45, 2.75) is 24.9 Å². The lowest BCUT2D eigenvalue weighted by Crippen LogP contribution is -2.32. The normalized spacial score (nSPS) is 17.0. The second-order valence-corrected chi connectivity index (χ2v) is 6.65. The standard InChI is InChI=1S/C15H18N4O2S/c1-9(2)11-7-19(12-6-4-3-5-10(11)12)13(20)8-22-15-16-14(21)17-18-15/h3-6,9,11H,7-8H2,1-2H3,(H2,16,17,18,21)/t11-/m1/s1. The molecule has 0 radical (unpaired) electrons. The van der Waals surface area contributed by atoms with Gasteiger partial charge in [-0.2, -0.15) is 0 Å². The minimum atomic E-state index is -0.360. The summed E-state index contributed by atoms with van der Waals surface area (Å²) in [6.07, 6.45) is 0. The lowest BCUT2D eigenvalue weighted by molar-refractivity contribution is -0.116. The minimum absolute atomic E-state index is 0.0319. The van der Waals surface area contributed by atoms with Crippen LogP contribution in [0.25, 0.3) is 0 Å². The van der Waals surface area contributed by atoms with Gasteiger partial charge < -0.3 is 4.90 Å². The van der Waals surface area contributed by atoms with Crippen molar-refractivity contribution < 1.29 is 4.79 Å². The van der Waals surface area contributed by atoms with Crippen LogP contribution < -0.4 is 10.6 Å².